The van der Waals surface area contributed by atoms with Gasteiger partial charge in [0.1, 0.15) is 12.1 Å². The van der Waals surface area contributed by atoms with Gasteiger partial charge in [0.25, 0.3) is 11.8 Å². The average molecular weight is 485 g/mol. The highest BCUT2D eigenvalue weighted by molar-refractivity contribution is 7.14. The van der Waals surface area contributed by atoms with Crippen molar-refractivity contribution in [1.82, 2.24) is 15.2 Å². The summed E-state index contributed by atoms with van der Waals surface area (Å²) in [4.78, 5) is 53.5. The highest BCUT2D eigenvalue weighted by atomic mass is 35.5. The fourth-order valence-electron chi connectivity index (χ4n) is 2.70. The number of urea groups is 1. The predicted molar refractivity (Wildman–Crippen MR) is 116 cm³/mol. The molecule has 12 heteroatoms. The first-order valence-electron chi connectivity index (χ1n) is 9.03. The summed E-state index contributed by atoms with van der Waals surface area (Å²) in [6.45, 7) is 3.82. The Kier molecular flexibility index (Phi) is 6.54. The minimum absolute atomic E-state index is 0.296. The highest BCUT2D eigenvalue weighted by Crippen LogP contribution is 2.30. The lowest BCUT2D eigenvalue weighted by atomic mass is 10.1. The van der Waals surface area contributed by atoms with Gasteiger partial charge in [-0.2, -0.15) is 0 Å². The standard InChI is InChI=1S/C19H18Cl2N4O5S/c1-9(30-14(26)7-25-16(28)19(2,3)24-18(25)29)15(27)23-17-22-13(8-31-17)10-4-5-11(20)12(21)6-10/h4-6,8-9H,7H2,1-3H3,(H,24,29)(H,22,23,27)/t9-/m0/s1. The van der Waals surface area contributed by atoms with Gasteiger partial charge < -0.3 is 10.1 Å². The van der Waals surface area contributed by atoms with E-state index in [2.05, 4.69) is 15.6 Å². The Hall–Kier alpha value is -2.69. The summed E-state index contributed by atoms with van der Waals surface area (Å²) in [6.07, 6.45) is -1.17. The van der Waals surface area contributed by atoms with Gasteiger partial charge in [-0.05, 0) is 32.9 Å². The molecule has 1 aromatic carbocycles. The van der Waals surface area contributed by atoms with Gasteiger partial charge in [0.05, 0.1) is 15.7 Å². The molecule has 0 radical (unpaired) electrons. The number of imide groups is 1. The summed E-state index contributed by atoms with van der Waals surface area (Å²) in [5.74, 6) is -2.05. The lowest BCUT2D eigenvalue weighted by molar-refractivity contribution is -0.155. The van der Waals surface area contributed by atoms with E-state index in [1.807, 2.05) is 0 Å². The number of carbonyl (C=O) groups excluding carboxylic acids is 4. The summed E-state index contributed by atoms with van der Waals surface area (Å²) in [5, 5.41) is 7.84. The van der Waals surface area contributed by atoms with Crippen LogP contribution in [0.4, 0.5) is 9.93 Å². The number of carbonyl (C=O) groups is 4. The Morgan fingerprint density at radius 3 is 2.61 bits per heavy atom. The Morgan fingerprint density at radius 2 is 2.00 bits per heavy atom. The molecule has 2 N–H and O–H groups in total. The number of rotatable bonds is 6. The number of hydrogen-bond acceptors (Lipinski definition) is 7. The van der Waals surface area contributed by atoms with Gasteiger partial charge >= 0.3 is 12.0 Å². The Bertz CT molecular complexity index is 1070. The summed E-state index contributed by atoms with van der Waals surface area (Å²) < 4.78 is 5.05. The van der Waals surface area contributed by atoms with Crippen molar-refractivity contribution in [3.05, 3.63) is 33.6 Å². The van der Waals surface area contributed by atoms with Crippen LogP contribution in [0.25, 0.3) is 11.3 Å². The van der Waals surface area contributed by atoms with Gasteiger partial charge in [0, 0.05) is 10.9 Å². The molecule has 0 bridgehead atoms. The molecule has 0 unspecified atom stereocenters. The molecule has 1 saturated heterocycles. The number of halogens is 2. The number of benzene rings is 1. The van der Waals surface area contributed by atoms with Crippen LogP contribution in [-0.4, -0.2) is 51.9 Å². The van der Waals surface area contributed by atoms with Crippen molar-refractivity contribution in [2.45, 2.75) is 32.4 Å². The first kappa shape index (κ1) is 23.0. The molecule has 0 saturated carbocycles. The van der Waals surface area contributed by atoms with Crippen LogP contribution in [-0.2, 0) is 19.1 Å². The third-order valence-corrected chi connectivity index (χ3v) is 5.86. The highest BCUT2D eigenvalue weighted by Gasteiger charge is 2.45. The van der Waals surface area contributed by atoms with Crippen molar-refractivity contribution >= 4 is 63.5 Å². The van der Waals surface area contributed by atoms with Crippen LogP contribution < -0.4 is 10.6 Å². The summed E-state index contributed by atoms with van der Waals surface area (Å²) in [7, 11) is 0. The maximum absolute atomic E-state index is 12.3. The summed E-state index contributed by atoms with van der Waals surface area (Å²) in [6, 6.07) is 4.36. The number of amides is 4. The third-order valence-electron chi connectivity index (χ3n) is 4.36. The fraction of sp³-hybridized carbons (Fsp3) is 0.316. The first-order chi connectivity index (χ1) is 14.5. The molecule has 0 aliphatic carbocycles. The minimum Gasteiger partial charge on any atom is -0.451 e. The van der Waals surface area contributed by atoms with Crippen LogP contribution in [0.3, 0.4) is 0 Å². The second kappa shape index (κ2) is 8.81. The quantitative estimate of drug-likeness (QED) is 0.479. The Balaban J connectivity index is 1.57. The molecule has 1 aliphatic heterocycles. The number of hydrogen-bond donors (Lipinski definition) is 2. The number of aromatic nitrogens is 1. The zero-order valence-electron chi connectivity index (χ0n) is 16.7. The lowest BCUT2D eigenvalue weighted by Gasteiger charge is -2.17. The van der Waals surface area contributed by atoms with E-state index in [0.29, 0.717) is 20.9 Å². The molecule has 31 heavy (non-hydrogen) atoms. The van der Waals surface area contributed by atoms with Crippen molar-refractivity contribution in [2.75, 3.05) is 11.9 Å². The van der Waals surface area contributed by atoms with Gasteiger partial charge in [-0.3, -0.25) is 24.6 Å². The smallest absolute Gasteiger partial charge is 0.327 e. The van der Waals surface area contributed by atoms with E-state index in [4.69, 9.17) is 27.9 Å². The second-order valence-corrected chi connectivity index (χ2v) is 8.91. The van der Waals surface area contributed by atoms with Crippen molar-refractivity contribution in [3.63, 3.8) is 0 Å². The number of nitrogens with zero attached hydrogens (tertiary/aromatic N) is 2. The predicted octanol–water partition coefficient (Wildman–Crippen LogP) is 3.32. The molecule has 1 fully saturated rings. The maximum Gasteiger partial charge on any atom is 0.327 e. The van der Waals surface area contributed by atoms with Crippen LogP contribution in [0.5, 0.6) is 0 Å². The van der Waals surface area contributed by atoms with E-state index in [-0.39, 0.29) is 0 Å². The van der Waals surface area contributed by atoms with Gasteiger partial charge in [0.2, 0.25) is 0 Å². The zero-order valence-corrected chi connectivity index (χ0v) is 19.0. The van der Waals surface area contributed by atoms with Crippen LogP contribution >= 0.6 is 34.5 Å². The van der Waals surface area contributed by atoms with Gasteiger partial charge in [-0.1, -0.05) is 29.3 Å². The SMILES string of the molecule is C[C@H](OC(=O)CN1C(=O)NC(C)(C)C1=O)C(=O)Nc1nc(-c2ccc(Cl)c(Cl)c2)cs1. The van der Waals surface area contributed by atoms with Crippen LogP contribution in [0.15, 0.2) is 23.6 Å². The molecule has 164 valence electrons. The number of anilines is 1. The van der Waals surface area contributed by atoms with E-state index in [1.54, 1.807) is 23.6 Å². The molecule has 1 atom stereocenters. The van der Waals surface area contributed by atoms with Crippen molar-refractivity contribution in [1.29, 1.82) is 0 Å². The minimum atomic E-state index is -1.17. The van der Waals surface area contributed by atoms with Crippen molar-refractivity contribution in [2.24, 2.45) is 0 Å². The van der Waals surface area contributed by atoms with Crippen LogP contribution in [0, 0.1) is 0 Å². The topological polar surface area (TPSA) is 118 Å². The zero-order chi connectivity index (χ0) is 22.9. The first-order valence-corrected chi connectivity index (χ1v) is 10.7. The summed E-state index contributed by atoms with van der Waals surface area (Å²) >= 11 is 13.1. The molecule has 0 spiro atoms. The van der Waals surface area contributed by atoms with E-state index < -0.39 is 42.0 Å². The number of ether oxygens (including phenoxy) is 1. The molecular formula is C19H18Cl2N4O5S. The largest absolute Gasteiger partial charge is 0.451 e. The fourth-order valence-corrected chi connectivity index (χ4v) is 3.73. The van der Waals surface area contributed by atoms with Gasteiger partial charge in [-0.15, -0.1) is 11.3 Å². The van der Waals surface area contributed by atoms with E-state index in [1.165, 1.54) is 32.1 Å². The third kappa shape index (κ3) is 5.15. The average Bonchev–Trinajstić information content (AvgIpc) is 3.22. The molecule has 4 amide bonds. The molecule has 2 aromatic rings. The summed E-state index contributed by atoms with van der Waals surface area (Å²) in [5.41, 5.74) is 0.212. The maximum atomic E-state index is 12.3. The number of esters is 1. The Labute approximate surface area is 191 Å². The molecule has 1 aromatic heterocycles. The van der Waals surface area contributed by atoms with Gasteiger partial charge in [0.15, 0.2) is 11.2 Å². The lowest BCUT2D eigenvalue weighted by Crippen LogP contribution is -2.42. The van der Waals surface area contributed by atoms with Gasteiger partial charge in [-0.25, -0.2) is 9.78 Å². The Morgan fingerprint density at radius 1 is 1.29 bits per heavy atom. The van der Waals surface area contributed by atoms with E-state index in [9.17, 15) is 19.2 Å². The normalized spacial score (nSPS) is 16.1. The molecular weight excluding hydrogens is 467 g/mol. The number of nitrogens with one attached hydrogen (secondary N) is 2. The van der Waals surface area contributed by atoms with E-state index >= 15 is 0 Å². The molecule has 2 heterocycles. The van der Waals surface area contributed by atoms with E-state index in [0.717, 1.165) is 10.5 Å². The number of thiazole rings is 1. The van der Waals surface area contributed by atoms with Crippen LogP contribution in [0.1, 0.15) is 20.8 Å². The second-order valence-electron chi connectivity index (χ2n) is 7.23. The molecule has 1 aliphatic rings. The van der Waals surface area contributed by atoms with Crippen LogP contribution in [0.2, 0.25) is 10.0 Å². The molecule has 9 nitrogen and oxygen atoms in total. The van der Waals surface area contributed by atoms with Crippen molar-refractivity contribution < 1.29 is 23.9 Å². The molecule has 3 rings (SSSR count). The van der Waals surface area contributed by atoms with Crippen molar-refractivity contribution in [3.8, 4) is 11.3 Å². The monoisotopic (exact) mass is 484 g/mol.